The highest BCUT2D eigenvalue weighted by Gasteiger charge is 2.17. The number of aryl methyl sites for hydroxylation is 2. The van der Waals surface area contributed by atoms with Crippen molar-refractivity contribution in [1.82, 2.24) is 20.2 Å². The van der Waals surface area contributed by atoms with Gasteiger partial charge in [0.05, 0.1) is 16.4 Å². The lowest BCUT2D eigenvalue weighted by Crippen LogP contribution is -2.21. The maximum Gasteiger partial charge on any atom is 0.269 e. The number of aromatic nitrogens is 3. The smallest absolute Gasteiger partial charge is 0.269 e. The normalized spacial score (nSPS) is 11.4. The van der Waals surface area contributed by atoms with Crippen molar-refractivity contribution in [3.63, 3.8) is 0 Å². The molecule has 0 saturated carbocycles. The van der Waals surface area contributed by atoms with Crippen LogP contribution < -0.4 is 5.43 Å². The highest BCUT2D eigenvalue weighted by Crippen LogP contribution is 2.28. The molecule has 1 heterocycles. The number of nitro groups is 1. The Bertz CT molecular complexity index is 1410. The fourth-order valence-corrected chi connectivity index (χ4v) is 4.12. The lowest BCUT2D eigenvalue weighted by molar-refractivity contribution is -0.384. The standard InChI is InChI=1S/C26H24N6O3S/c1-17-4-8-21(9-5-17)25-29-30-26(31(25)22-12-6-18(2)7-13-22)36-16-24(33)28-27-19(3)20-10-14-23(15-11-20)32(34)35/h4-15H,16H2,1-3H3,(H,28,33)/b27-19-. The van der Waals surface area contributed by atoms with Gasteiger partial charge in [0.25, 0.3) is 11.6 Å². The molecule has 0 saturated heterocycles. The SMILES string of the molecule is C/C(=N/NC(=O)CSc1nnc(-c2ccc(C)cc2)n1-c1ccc(C)cc1)c1ccc([N+](=O)[O-])cc1. The third kappa shape index (κ3) is 5.84. The van der Waals surface area contributed by atoms with Gasteiger partial charge in [-0.05, 0) is 50.6 Å². The van der Waals surface area contributed by atoms with E-state index < -0.39 is 4.92 Å². The zero-order valence-electron chi connectivity index (χ0n) is 20.0. The van der Waals surface area contributed by atoms with E-state index in [1.54, 1.807) is 19.1 Å². The number of rotatable bonds is 8. The van der Waals surface area contributed by atoms with Crippen LogP contribution in [0, 0.1) is 24.0 Å². The Morgan fingerprint density at radius 3 is 2.19 bits per heavy atom. The minimum absolute atomic E-state index is 0.00493. The molecule has 36 heavy (non-hydrogen) atoms. The van der Waals surface area contributed by atoms with Gasteiger partial charge in [0.2, 0.25) is 0 Å². The van der Waals surface area contributed by atoms with Gasteiger partial charge < -0.3 is 0 Å². The largest absolute Gasteiger partial charge is 0.272 e. The Balaban J connectivity index is 1.50. The maximum atomic E-state index is 12.5. The van der Waals surface area contributed by atoms with E-state index in [1.807, 2.05) is 66.9 Å². The number of hydrogen-bond donors (Lipinski definition) is 1. The number of nitrogens with zero attached hydrogens (tertiary/aromatic N) is 5. The molecule has 0 aliphatic rings. The number of carbonyl (C=O) groups is 1. The number of thioether (sulfide) groups is 1. The van der Waals surface area contributed by atoms with Crippen molar-refractivity contribution < 1.29 is 9.72 Å². The van der Waals surface area contributed by atoms with Crippen LogP contribution in [0.3, 0.4) is 0 Å². The molecule has 182 valence electrons. The minimum Gasteiger partial charge on any atom is -0.272 e. The van der Waals surface area contributed by atoms with Crippen molar-refractivity contribution in [3.8, 4) is 17.1 Å². The highest BCUT2D eigenvalue weighted by molar-refractivity contribution is 7.99. The molecule has 10 heteroatoms. The summed E-state index contributed by atoms with van der Waals surface area (Å²) >= 11 is 1.26. The van der Waals surface area contributed by atoms with E-state index >= 15 is 0 Å². The first kappa shape index (κ1) is 24.8. The van der Waals surface area contributed by atoms with Crippen molar-refractivity contribution >= 4 is 29.1 Å². The molecule has 0 aliphatic carbocycles. The number of hydrogen-bond acceptors (Lipinski definition) is 7. The minimum atomic E-state index is -0.463. The summed E-state index contributed by atoms with van der Waals surface area (Å²) in [6, 6.07) is 22.1. The van der Waals surface area contributed by atoms with Crippen molar-refractivity contribution in [1.29, 1.82) is 0 Å². The summed E-state index contributed by atoms with van der Waals surface area (Å²) in [5.41, 5.74) is 7.85. The number of carbonyl (C=O) groups excluding carboxylic acids is 1. The summed E-state index contributed by atoms with van der Waals surface area (Å²) in [4.78, 5) is 22.9. The lowest BCUT2D eigenvalue weighted by Gasteiger charge is -2.11. The first-order valence-corrected chi connectivity index (χ1v) is 12.1. The van der Waals surface area contributed by atoms with Gasteiger partial charge in [-0.3, -0.25) is 19.5 Å². The molecule has 0 spiro atoms. The van der Waals surface area contributed by atoms with Crippen molar-refractivity contribution in [2.45, 2.75) is 25.9 Å². The van der Waals surface area contributed by atoms with Crippen LogP contribution in [-0.2, 0) is 4.79 Å². The van der Waals surface area contributed by atoms with Gasteiger partial charge in [0, 0.05) is 23.4 Å². The van der Waals surface area contributed by atoms with Crippen molar-refractivity contribution in [3.05, 3.63) is 99.6 Å². The zero-order valence-corrected chi connectivity index (χ0v) is 20.8. The zero-order chi connectivity index (χ0) is 25.7. The van der Waals surface area contributed by atoms with E-state index in [-0.39, 0.29) is 17.3 Å². The number of benzene rings is 3. The average molecular weight is 501 g/mol. The van der Waals surface area contributed by atoms with Crippen LogP contribution in [0.4, 0.5) is 5.69 Å². The van der Waals surface area contributed by atoms with Gasteiger partial charge in [0.1, 0.15) is 0 Å². The molecule has 0 aliphatic heterocycles. The Morgan fingerprint density at radius 1 is 0.972 bits per heavy atom. The van der Waals surface area contributed by atoms with E-state index in [0.717, 1.165) is 22.4 Å². The van der Waals surface area contributed by atoms with Crippen LogP contribution in [-0.4, -0.2) is 37.1 Å². The lowest BCUT2D eigenvalue weighted by atomic mass is 10.1. The maximum absolute atomic E-state index is 12.5. The van der Waals surface area contributed by atoms with Crippen LogP contribution in [0.25, 0.3) is 17.1 Å². The second-order valence-corrected chi connectivity index (χ2v) is 9.11. The third-order valence-corrected chi connectivity index (χ3v) is 6.34. The summed E-state index contributed by atoms with van der Waals surface area (Å²) in [7, 11) is 0. The van der Waals surface area contributed by atoms with E-state index in [9.17, 15) is 14.9 Å². The van der Waals surface area contributed by atoms with Gasteiger partial charge in [-0.15, -0.1) is 10.2 Å². The van der Waals surface area contributed by atoms with Crippen LogP contribution in [0.5, 0.6) is 0 Å². The molecule has 3 aromatic carbocycles. The van der Waals surface area contributed by atoms with Gasteiger partial charge >= 0.3 is 0 Å². The quantitative estimate of drug-likeness (QED) is 0.156. The second kappa shape index (κ2) is 11.0. The van der Waals surface area contributed by atoms with E-state index in [2.05, 4.69) is 20.7 Å². The molecule has 0 unspecified atom stereocenters. The van der Waals surface area contributed by atoms with E-state index in [1.165, 1.54) is 23.9 Å². The fraction of sp³-hybridized carbons (Fsp3) is 0.154. The van der Waals surface area contributed by atoms with Crippen LogP contribution in [0.2, 0.25) is 0 Å². The first-order chi connectivity index (χ1) is 17.3. The third-order valence-electron chi connectivity index (χ3n) is 5.41. The van der Waals surface area contributed by atoms with Crippen molar-refractivity contribution in [2.75, 3.05) is 5.75 Å². The predicted molar refractivity (Wildman–Crippen MR) is 140 cm³/mol. The number of nitro benzene ring substituents is 1. The van der Waals surface area contributed by atoms with Crippen LogP contribution in [0.15, 0.2) is 83.1 Å². The summed E-state index contributed by atoms with van der Waals surface area (Å²) in [6.45, 7) is 5.77. The Labute approximate surface area is 212 Å². The molecule has 1 N–H and O–H groups in total. The second-order valence-electron chi connectivity index (χ2n) is 8.17. The Morgan fingerprint density at radius 2 is 1.58 bits per heavy atom. The molecular formula is C26H24N6O3S. The van der Waals surface area contributed by atoms with E-state index in [0.29, 0.717) is 22.3 Å². The first-order valence-electron chi connectivity index (χ1n) is 11.1. The summed E-state index contributed by atoms with van der Waals surface area (Å²) in [5, 5.41) is 24.3. The molecule has 0 fully saturated rings. The molecule has 0 atom stereocenters. The van der Waals surface area contributed by atoms with Crippen molar-refractivity contribution in [2.24, 2.45) is 5.10 Å². The molecule has 1 amide bonds. The van der Waals surface area contributed by atoms with Gasteiger partial charge in [0.15, 0.2) is 11.0 Å². The monoisotopic (exact) mass is 500 g/mol. The molecule has 0 bridgehead atoms. The number of hydrazone groups is 1. The molecule has 9 nitrogen and oxygen atoms in total. The molecular weight excluding hydrogens is 476 g/mol. The predicted octanol–water partition coefficient (Wildman–Crippen LogP) is 5.09. The Kier molecular flexibility index (Phi) is 7.55. The number of non-ortho nitro benzene ring substituents is 1. The summed E-state index contributed by atoms with van der Waals surface area (Å²) in [5.74, 6) is 0.458. The fourth-order valence-electron chi connectivity index (χ4n) is 3.38. The van der Waals surface area contributed by atoms with Crippen LogP contribution in [0.1, 0.15) is 23.6 Å². The average Bonchev–Trinajstić information content (AvgIpc) is 3.31. The highest BCUT2D eigenvalue weighted by atomic mass is 32.2. The molecule has 4 rings (SSSR count). The topological polar surface area (TPSA) is 115 Å². The molecule has 1 aromatic heterocycles. The summed E-state index contributed by atoms with van der Waals surface area (Å²) < 4.78 is 1.94. The van der Waals surface area contributed by atoms with E-state index in [4.69, 9.17) is 0 Å². The number of amides is 1. The molecule has 0 radical (unpaired) electrons. The molecule has 4 aromatic rings. The Hall–Kier alpha value is -4.31. The summed E-state index contributed by atoms with van der Waals surface area (Å²) in [6.07, 6.45) is 0. The van der Waals surface area contributed by atoms with Gasteiger partial charge in [-0.1, -0.05) is 59.3 Å². The number of nitrogens with one attached hydrogen (secondary N) is 1. The van der Waals surface area contributed by atoms with Crippen LogP contribution >= 0.6 is 11.8 Å². The van der Waals surface area contributed by atoms with Gasteiger partial charge in [-0.2, -0.15) is 5.10 Å². The van der Waals surface area contributed by atoms with Gasteiger partial charge in [-0.25, -0.2) is 5.43 Å².